The molecule has 0 atom stereocenters. The molecule has 100 valence electrons. The topological polar surface area (TPSA) is 46.2 Å². The largest absolute Gasteiger partial charge is 0.280 e. The molecule has 0 unspecified atom stereocenters. The molecule has 0 radical (unpaired) electrons. The summed E-state index contributed by atoms with van der Waals surface area (Å²) in [5, 5.41) is 0.390. The molecule has 0 amide bonds. The van der Waals surface area contributed by atoms with E-state index in [-0.39, 0.29) is 4.90 Å². The second-order valence-electron chi connectivity index (χ2n) is 3.79. The predicted molar refractivity (Wildman–Crippen MR) is 80.5 cm³/mol. The van der Waals surface area contributed by atoms with Crippen LogP contribution in [0.5, 0.6) is 0 Å². The van der Waals surface area contributed by atoms with Crippen LogP contribution in [0.15, 0.2) is 58.3 Å². The van der Waals surface area contributed by atoms with Crippen LogP contribution in [0.2, 0.25) is 5.02 Å². The molecular formula is C13H12ClNO2S2. The zero-order chi connectivity index (χ0) is 13.9. The van der Waals surface area contributed by atoms with Crippen molar-refractivity contribution < 1.29 is 8.42 Å². The molecule has 0 aliphatic rings. The van der Waals surface area contributed by atoms with Crippen molar-refractivity contribution in [2.24, 2.45) is 0 Å². The van der Waals surface area contributed by atoms with Crippen LogP contribution in [-0.2, 0) is 10.0 Å². The van der Waals surface area contributed by atoms with Crippen molar-refractivity contribution in [3.8, 4) is 0 Å². The molecule has 2 aromatic carbocycles. The van der Waals surface area contributed by atoms with Gasteiger partial charge in [-0.2, -0.15) is 0 Å². The summed E-state index contributed by atoms with van der Waals surface area (Å²) in [7, 11) is -3.60. The van der Waals surface area contributed by atoms with E-state index >= 15 is 0 Å². The standard InChI is InChI=1S/C13H12ClNO2S2/c1-18-12-6-3-5-11(9-12)15-19(16,17)13-7-2-4-10(14)8-13/h2-9,15H,1H3. The molecule has 0 bridgehead atoms. The van der Waals surface area contributed by atoms with E-state index in [2.05, 4.69) is 4.72 Å². The monoisotopic (exact) mass is 313 g/mol. The first-order chi connectivity index (χ1) is 9.01. The first-order valence-corrected chi connectivity index (χ1v) is 8.52. The number of anilines is 1. The Morgan fingerprint density at radius 1 is 1.11 bits per heavy atom. The maximum Gasteiger partial charge on any atom is 0.261 e. The van der Waals surface area contributed by atoms with Gasteiger partial charge in [-0.3, -0.25) is 4.72 Å². The SMILES string of the molecule is CSc1cccc(NS(=O)(=O)c2cccc(Cl)c2)c1. The fourth-order valence-corrected chi connectivity index (χ4v) is 3.34. The summed E-state index contributed by atoms with van der Waals surface area (Å²) in [6.07, 6.45) is 1.94. The minimum absolute atomic E-state index is 0.148. The quantitative estimate of drug-likeness (QED) is 0.872. The second kappa shape index (κ2) is 5.86. The van der Waals surface area contributed by atoms with E-state index in [4.69, 9.17) is 11.6 Å². The van der Waals surface area contributed by atoms with Crippen molar-refractivity contribution in [1.82, 2.24) is 0 Å². The van der Waals surface area contributed by atoms with Crippen LogP contribution in [0.4, 0.5) is 5.69 Å². The summed E-state index contributed by atoms with van der Waals surface area (Å²) >= 11 is 7.36. The summed E-state index contributed by atoms with van der Waals surface area (Å²) in [4.78, 5) is 1.14. The molecule has 3 nitrogen and oxygen atoms in total. The molecule has 2 aromatic rings. The Kier molecular flexibility index (Phi) is 4.39. The van der Waals surface area contributed by atoms with E-state index in [1.807, 2.05) is 18.4 Å². The summed E-state index contributed by atoms with van der Waals surface area (Å²) in [5.41, 5.74) is 0.534. The molecule has 0 aliphatic heterocycles. The lowest BCUT2D eigenvalue weighted by molar-refractivity contribution is 0.601. The van der Waals surface area contributed by atoms with Crippen LogP contribution >= 0.6 is 23.4 Å². The van der Waals surface area contributed by atoms with E-state index < -0.39 is 10.0 Å². The van der Waals surface area contributed by atoms with E-state index in [1.54, 1.807) is 36.0 Å². The van der Waals surface area contributed by atoms with Crippen molar-refractivity contribution in [1.29, 1.82) is 0 Å². The number of sulfonamides is 1. The minimum atomic E-state index is -3.60. The van der Waals surface area contributed by atoms with Crippen LogP contribution in [0, 0.1) is 0 Å². The number of nitrogens with one attached hydrogen (secondary N) is 1. The summed E-state index contributed by atoms with van der Waals surface area (Å²) in [6, 6.07) is 13.4. The zero-order valence-electron chi connectivity index (χ0n) is 10.1. The Morgan fingerprint density at radius 2 is 1.84 bits per heavy atom. The number of halogens is 1. The van der Waals surface area contributed by atoms with Gasteiger partial charge in [-0.1, -0.05) is 23.7 Å². The van der Waals surface area contributed by atoms with Crippen LogP contribution in [0.1, 0.15) is 0 Å². The van der Waals surface area contributed by atoms with Gasteiger partial charge in [-0.25, -0.2) is 8.42 Å². The number of benzene rings is 2. The highest BCUT2D eigenvalue weighted by Gasteiger charge is 2.14. The van der Waals surface area contributed by atoms with Gasteiger partial charge in [-0.15, -0.1) is 11.8 Å². The normalized spacial score (nSPS) is 11.3. The third-order valence-electron chi connectivity index (χ3n) is 2.43. The molecule has 0 fully saturated rings. The lowest BCUT2D eigenvalue weighted by atomic mass is 10.3. The molecular weight excluding hydrogens is 302 g/mol. The molecule has 0 saturated heterocycles. The van der Waals surface area contributed by atoms with Crippen LogP contribution in [0.25, 0.3) is 0 Å². The van der Waals surface area contributed by atoms with Gasteiger partial charge in [0.1, 0.15) is 0 Å². The Morgan fingerprint density at radius 3 is 2.53 bits per heavy atom. The van der Waals surface area contributed by atoms with Crippen molar-refractivity contribution in [3.63, 3.8) is 0 Å². The maximum absolute atomic E-state index is 12.2. The average Bonchev–Trinajstić information content (AvgIpc) is 2.38. The fourth-order valence-electron chi connectivity index (χ4n) is 1.53. The molecule has 0 heterocycles. The minimum Gasteiger partial charge on any atom is -0.280 e. The first-order valence-electron chi connectivity index (χ1n) is 5.44. The van der Waals surface area contributed by atoms with Crippen molar-refractivity contribution in [2.75, 3.05) is 11.0 Å². The summed E-state index contributed by atoms with van der Waals surface area (Å²) in [5.74, 6) is 0. The molecule has 2 rings (SSSR count). The molecule has 0 spiro atoms. The van der Waals surface area contributed by atoms with Crippen LogP contribution in [-0.4, -0.2) is 14.7 Å². The highest BCUT2D eigenvalue weighted by atomic mass is 35.5. The molecule has 0 saturated carbocycles. The van der Waals surface area contributed by atoms with Gasteiger partial charge in [0.05, 0.1) is 4.90 Å². The van der Waals surface area contributed by atoms with Crippen molar-refractivity contribution in [3.05, 3.63) is 53.6 Å². The molecule has 6 heteroatoms. The van der Waals surface area contributed by atoms with Gasteiger partial charge in [-0.05, 0) is 42.7 Å². The Balaban J connectivity index is 2.31. The van der Waals surface area contributed by atoms with E-state index in [1.165, 1.54) is 12.1 Å². The Hall–Kier alpha value is -1.17. The van der Waals surface area contributed by atoms with Crippen molar-refractivity contribution in [2.45, 2.75) is 9.79 Å². The number of rotatable bonds is 4. The van der Waals surface area contributed by atoms with Gasteiger partial charge >= 0.3 is 0 Å². The van der Waals surface area contributed by atoms with Gasteiger partial charge in [0.15, 0.2) is 0 Å². The third kappa shape index (κ3) is 3.65. The maximum atomic E-state index is 12.2. The smallest absolute Gasteiger partial charge is 0.261 e. The number of hydrogen-bond acceptors (Lipinski definition) is 3. The van der Waals surface area contributed by atoms with Crippen molar-refractivity contribution >= 4 is 39.1 Å². The first kappa shape index (κ1) is 14.2. The third-order valence-corrected chi connectivity index (χ3v) is 4.77. The van der Waals surface area contributed by atoms with E-state index in [9.17, 15) is 8.42 Å². The lowest BCUT2D eigenvalue weighted by Gasteiger charge is -2.09. The second-order valence-corrected chi connectivity index (χ2v) is 6.79. The summed E-state index contributed by atoms with van der Waals surface area (Å²) < 4.78 is 26.9. The highest BCUT2D eigenvalue weighted by Crippen LogP contribution is 2.22. The molecule has 19 heavy (non-hydrogen) atoms. The molecule has 0 aliphatic carbocycles. The van der Waals surface area contributed by atoms with Gasteiger partial charge < -0.3 is 0 Å². The fraction of sp³-hybridized carbons (Fsp3) is 0.0769. The van der Waals surface area contributed by atoms with Gasteiger partial charge in [0.25, 0.3) is 10.0 Å². The van der Waals surface area contributed by atoms with E-state index in [0.29, 0.717) is 10.7 Å². The van der Waals surface area contributed by atoms with Crippen LogP contribution < -0.4 is 4.72 Å². The number of thioether (sulfide) groups is 1. The lowest BCUT2D eigenvalue weighted by Crippen LogP contribution is -2.12. The van der Waals surface area contributed by atoms with Gasteiger partial charge in [0, 0.05) is 15.6 Å². The van der Waals surface area contributed by atoms with E-state index in [0.717, 1.165) is 4.90 Å². The Labute approximate surface area is 122 Å². The average molecular weight is 314 g/mol. The summed E-state index contributed by atoms with van der Waals surface area (Å²) in [6.45, 7) is 0. The number of hydrogen-bond donors (Lipinski definition) is 1. The highest BCUT2D eigenvalue weighted by molar-refractivity contribution is 7.98. The van der Waals surface area contributed by atoms with Crippen LogP contribution in [0.3, 0.4) is 0 Å². The molecule has 0 aromatic heterocycles. The predicted octanol–water partition coefficient (Wildman–Crippen LogP) is 3.86. The molecule has 1 N–H and O–H groups in total. The van der Waals surface area contributed by atoms with Gasteiger partial charge in [0.2, 0.25) is 0 Å². The Bertz CT molecular complexity index is 687. The zero-order valence-corrected chi connectivity index (χ0v) is 12.5.